The topological polar surface area (TPSA) is 87.7 Å². The van der Waals surface area contributed by atoms with Gasteiger partial charge in [-0.2, -0.15) is 0 Å². The molecule has 238 valence electrons. The van der Waals surface area contributed by atoms with Crippen LogP contribution in [-0.4, -0.2) is 47.8 Å². The molecule has 0 aromatic heterocycles. The van der Waals surface area contributed by atoms with E-state index < -0.39 is 6.04 Å². The van der Waals surface area contributed by atoms with E-state index in [-0.39, 0.29) is 29.7 Å². The summed E-state index contributed by atoms with van der Waals surface area (Å²) in [6.45, 7) is 1.84. The normalized spacial score (nSPS) is 16.5. The lowest BCUT2D eigenvalue weighted by Gasteiger charge is -2.32. The van der Waals surface area contributed by atoms with Gasteiger partial charge in [-0.15, -0.1) is 0 Å². The third kappa shape index (κ3) is 10.5. The fraction of sp³-hybridized carbons (Fsp3) is 0.447. The lowest BCUT2D eigenvalue weighted by atomic mass is 9.92. The van der Waals surface area contributed by atoms with Gasteiger partial charge in [-0.1, -0.05) is 92.1 Å². The molecular formula is C38H47N3O4. The van der Waals surface area contributed by atoms with Gasteiger partial charge >= 0.3 is 0 Å². The van der Waals surface area contributed by atoms with Crippen LogP contribution in [0, 0.1) is 5.92 Å². The van der Waals surface area contributed by atoms with Crippen LogP contribution in [0.3, 0.4) is 0 Å². The summed E-state index contributed by atoms with van der Waals surface area (Å²) in [5, 5.41) is 6.29. The molecule has 2 aliphatic rings. The first kappa shape index (κ1) is 32.3. The van der Waals surface area contributed by atoms with Crippen LogP contribution in [0.15, 0.2) is 84.9 Å². The van der Waals surface area contributed by atoms with E-state index in [1.54, 1.807) is 0 Å². The van der Waals surface area contributed by atoms with E-state index in [9.17, 15) is 14.4 Å². The molecule has 1 heterocycles. The third-order valence-electron chi connectivity index (χ3n) is 9.13. The molecule has 1 saturated heterocycles. The van der Waals surface area contributed by atoms with Crippen molar-refractivity contribution in [3.05, 3.63) is 102 Å². The van der Waals surface area contributed by atoms with Crippen LogP contribution in [0.2, 0.25) is 0 Å². The molecular weight excluding hydrogens is 562 g/mol. The molecule has 2 N–H and O–H groups in total. The first-order chi connectivity index (χ1) is 22.0. The lowest BCUT2D eigenvalue weighted by Crippen LogP contribution is -2.51. The van der Waals surface area contributed by atoms with E-state index in [2.05, 4.69) is 22.8 Å². The molecule has 5 rings (SSSR count). The fourth-order valence-corrected chi connectivity index (χ4v) is 6.41. The van der Waals surface area contributed by atoms with E-state index >= 15 is 0 Å². The molecule has 7 heteroatoms. The highest BCUT2D eigenvalue weighted by molar-refractivity contribution is 5.88. The summed E-state index contributed by atoms with van der Waals surface area (Å²) in [4.78, 5) is 41.4. The van der Waals surface area contributed by atoms with Crippen molar-refractivity contribution in [3.63, 3.8) is 0 Å². The smallest absolute Gasteiger partial charge is 0.243 e. The molecule has 2 fully saturated rings. The number of carbonyl (C=O) groups is 3. The van der Waals surface area contributed by atoms with Crippen molar-refractivity contribution < 1.29 is 19.1 Å². The average molecular weight is 610 g/mol. The van der Waals surface area contributed by atoms with E-state index in [1.807, 2.05) is 77.7 Å². The van der Waals surface area contributed by atoms with Gasteiger partial charge in [-0.05, 0) is 66.8 Å². The predicted octanol–water partition coefficient (Wildman–Crippen LogP) is 6.00. The first-order valence-electron chi connectivity index (χ1n) is 16.7. The third-order valence-corrected chi connectivity index (χ3v) is 9.13. The molecule has 3 aromatic carbocycles. The van der Waals surface area contributed by atoms with Crippen LogP contribution in [0.25, 0.3) is 0 Å². The molecule has 1 atom stereocenters. The number of amides is 3. The van der Waals surface area contributed by atoms with Crippen molar-refractivity contribution in [1.29, 1.82) is 0 Å². The maximum atomic E-state index is 13.5. The van der Waals surface area contributed by atoms with Crippen molar-refractivity contribution in [2.75, 3.05) is 13.1 Å². The zero-order valence-electron chi connectivity index (χ0n) is 26.3. The van der Waals surface area contributed by atoms with E-state index in [0.717, 1.165) is 61.8 Å². The number of piperidine rings is 1. The second-order valence-electron chi connectivity index (χ2n) is 12.6. The van der Waals surface area contributed by atoms with Crippen molar-refractivity contribution in [1.82, 2.24) is 15.5 Å². The van der Waals surface area contributed by atoms with Crippen LogP contribution in [0.1, 0.15) is 74.5 Å². The van der Waals surface area contributed by atoms with Crippen LogP contribution in [0.4, 0.5) is 0 Å². The maximum Gasteiger partial charge on any atom is 0.243 e. The Labute approximate surface area is 267 Å². The zero-order chi connectivity index (χ0) is 31.3. The molecule has 0 bridgehead atoms. The number of nitrogens with one attached hydrogen (secondary N) is 2. The molecule has 1 aliphatic carbocycles. The Bertz CT molecular complexity index is 1350. The zero-order valence-corrected chi connectivity index (χ0v) is 26.3. The number of rotatable bonds is 13. The number of nitrogens with zero attached hydrogens (tertiary/aromatic N) is 1. The monoisotopic (exact) mass is 609 g/mol. The minimum atomic E-state index is -0.643. The highest BCUT2D eigenvalue weighted by atomic mass is 16.5. The SMILES string of the molecule is O=C(CC1CCN(C(=O)CCc2ccccc2)CC1)N[C@@H](Cc1ccc(OCc2ccccc2)cc1)C(=O)NC1CCCCC1. The summed E-state index contributed by atoms with van der Waals surface area (Å²) in [7, 11) is 0. The summed E-state index contributed by atoms with van der Waals surface area (Å²) in [6, 6.07) is 27.4. The maximum absolute atomic E-state index is 13.5. The summed E-state index contributed by atoms with van der Waals surface area (Å²) in [6.07, 6.45) is 9.07. The van der Waals surface area contributed by atoms with Crippen molar-refractivity contribution >= 4 is 17.7 Å². The first-order valence-corrected chi connectivity index (χ1v) is 16.7. The Kier molecular flexibility index (Phi) is 12.1. The highest BCUT2D eigenvalue weighted by Crippen LogP contribution is 2.22. The fourth-order valence-electron chi connectivity index (χ4n) is 6.41. The number of hydrogen-bond acceptors (Lipinski definition) is 4. The molecule has 0 spiro atoms. The van der Waals surface area contributed by atoms with Crippen LogP contribution < -0.4 is 15.4 Å². The van der Waals surface area contributed by atoms with Gasteiger partial charge in [0.1, 0.15) is 18.4 Å². The molecule has 1 saturated carbocycles. The molecule has 45 heavy (non-hydrogen) atoms. The van der Waals surface area contributed by atoms with E-state index in [1.165, 1.54) is 12.0 Å². The highest BCUT2D eigenvalue weighted by Gasteiger charge is 2.28. The standard InChI is InChI=1S/C38H47N3O4/c42-36(27-31-22-24-41(25-23-31)37(43)21-18-29-10-4-1-5-11-29)40-35(38(44)39-33-14-8-3-9-15-33)26-30-16-19-34(20-17-30)45-28-32-12-6-2-7-13-32/h1-2,4-7,10-13,16-17,19-20,31,33,35H,3,8-9,14-15,18,21-28H2,(H,39,44)(H,40,42)/t35-/m0/s1. The number of aryl methyl sites for hydroxylation is 1. The van der Waals surface area contributed by atoms with Gasteiger partial charge < -0.3 is 20.3 Å². The Morgan fingerprint density at radius 2 is 1.40 bits per heavy atom. The van der Waals surface area contributed by atoms with Gasteiger partial charge in [0.2, 0.25) is 17.7 Å². The number of carbonyl (C=O) groups excluding carboxylic acids is 3. The van der Waals surface area contributed by atoms with Gasteiger partial charge in [0.05, 0.1) is 0 Å². The van der Waals surface area contributed by atoms with Gasteiger partial charge in [0.25, 0.3) is 0 Å². The Morgan fingerprint density at radius 1 is 0.756 bits per heavy atom. The average Bonchev–Trinajstić information content (AvgIpc) is 3.08. The van der Waals surface area contributed by atoms with Gasteiger partial charge in [0.15, 0.2) is 0 Å². The molecule has 7 nitrogen and oxygen atoms in total. The van der Waals surface area contributed by atoms with Gasteiger partial charge in [0, 0.05) is 38.4 Å². The second-order valence-corrected chi connectivity index (χ2v) is 12.6. The molecule has 3 amide bonds. The minimum absolute atomic E-state index is 0.101. The van der Waals surface area contributed by atoms with Gasteiger partial charge in [-0.25, -0.2) is 0 Å². The Hall–Kier alpha value is -4.13. The minimum Gasteiger partial charge on any atom is -0.489 e. The van der Waals surface area contributed by atoms with Crippen molar-refractivity contribution in [2.45, 2.75) is 89.3 Å². The van der Waals surface area contributed by atoms with Crippen LogP contribution in [0.5, 0.6) is 5.75 Å². The predicted molar refractivity (Wildman–Crippen MR) is 177 cm³/mol. The number of benzene rings is 3. The van der Waals surface area contributed by atoms with Crippen molar-refractivity contribution in [3.8, 4) is 5.75 Å². The van der Waals surface area contributed by atoms with E-state index in [4.69, 9.17) is 4.74 Å². The van der Waals surface area contributed by atoms with Crippen LogP contribution in [-0.2, 0) is 33.8 Å². The number of hydrogen-bond donors (Lipinski definition) is 2. The largest absolute Gasteiger partial charge is 0.489 e. The summed E-state index contributed by atoms with van der Waals surface area (Å²) in [5.74, 6) is 0.928. The lowest BCUT2D eigenvalue weighted by molar-refractivity contribution is -0.133. The quantitative estimate of drug-likeness (QED) is 0.249. The number of likely N-dealkylation sites (tertiary alicyclic amines) is 1. The number of ether oxygens (including phenoxy) is 1. The van der Waals surface area contributed by atoms with Crippen molar-refractivity contribution in [2.24, 2.45) is 5.92 Å². The summed E-state index contributed by atoms with van der Waals surface area (Å²) < 4.78 is 5.93. The Balaban J connectivity index is 1.12. The molecule has 1 aliphatic heterocycles. The molecule has 0 unspecified atom stereocenters. The second kappa shape index (κ2) is 16.8. The Morgan fingerprint density at radius 3 is 2.07 bits per heavy atom. The molecule has 3 aromatic rings. The summed E-state index contributed by atoms with van der Waals surface area (Å²) >= 11 is 0. The van der Waals surface area contributed by atoms with Gasteiger partial charge in [-0.3, -0.25) is 14.4 Å². The van der Waals surface area contributed by atoms with Crippen LogP contribution >= 0.6 is 0 Å². The summed E-state index contributed by atoms with van der Waals surface area (Å²) in [5.41, 5.74) is 3.24. The van der Waals surface area contributed by atoms with E-state index in [0.29, 0.717) is 39.0 Å². The molecule has 0 radical (unpaired) electrons.